The molecule has 0 saturated carbocycles. The number of alkyl halides is 1. The van der Waals surface area contributed by atoms with Gasteiger partial charge >= 0.3 is 7.82 Å². The molecule has 0 radical (unpaired) electrons. The molecule has 0 fully saturated rings. The van der Waals surface area contributed by atoms with Crippen molar-refractivity contribution in [1.82, 2.24) is 14.5 Å². The van der Waals surface area contributed by atoms with Gasteiger partial charge in [0, 0.05) is 24.8 Å². The monoisotopic (exact) mass is 588 g/mol. The van der Waals surface area contributed by atoms with E-state index in [1.807, 2.05) is 36.4 Å². The molecule has 0 aliphatic carbocycles. The van der Waals surface area contributed by atoms with Crippen molar-refractivity contribution >= 4 is 57.3 Å². The van der Waals surface area contributed by atoms with Crippen molar-refractivity contribution in [2.45, 2.75) is 52.5 Å². The molecule has 4 rings (SSSR count). The molecule has 0 aliphatic heterocycles. The highest BCUT2D eigenvalue weighted by Gasteiger charge is 2.23. The number of pyridine rings is 1. The number of rotatable bonds is 11. The summed E-state index contributed by atoms with van der Waals surface area (Å²) in [6.45, 7) is 4.33. The third-order valence-electron chi connectivity index (χ3n) is 6.23. The first-order valence-electron chi connectivity index (χ1n) is 12.1. The molecule has 37 heavy (non-hydrogen) atoms. The number of benzene rings is 2. The first-order valence-corrected chi connectivity index (χ1v) is 14.7. The number of halogens is 1. The Morgan fingerprint density at radius 3 is 2.65 bits per heavy atom. The van der Waals surface area contributed by atoms with E-state index >= 15 is 0 Å². The Balaban J connectivity index is 1.86. The van der Waals surface area contributed by atoms with Crippen LogP contribution in [0.2, 0.25) is 0 Å². The van der Waals surface area contributed by atoms with Crippen LogP contribution in [0.1, 0.15) is 48.7 Å². The average molecular weight is 589 g/mol. The van der Waals surface area contributed by atoms with Crippen LogP contribution >= 0.6 is 23.8 Å². The highest BCUT2D eigenvalue weighted by molar-refractivity contribution is 9.09. The van der Waals surface area contributed by atoms with E-state index in [1.54, 1.807) is 6.92 Å². The molecule has 11 heteroatoms. The van der Waals surface area contributed by atoms with Crippen LogP contribution in [0.5, 0.6) is 5.75 Å². The van der Waals surface area contributed by atoms with E-state index in [1.165, 1.54) is 0 Å². The number of fused-ring (bicyclic) bond motifs is 3. The van der Waals surface area contributed by atoms with Crippen LogP contribution in [0.15, 0.2) is 36.4 Å². The normalized spacial score (nSPS) is 11.9. The molecule has 0 bridgehead atoms. The fourth-order valence-electron chi connectivity index (χ4n) is 4.58. The van der Waals surface area contributed by atoms with E-state index in [4.69, 9.17) is 15.2 Å². The van der Waals surface area contributed by atoms with Gasteiger partial charge in [0.15, 0.2) is 5.82 Å². The number of phosphoric ester groups is 1. The molecular formula is C26H30BrN4O5P. The van der Waals surface area contributed by atoms with Gasteiger partial charge in [0.1, 0.15) is 22.9 Å². The summed E-state index contributed by atoms with van der Waals surface area (Å²) in [5.74, 6) is 1.37. The molecule has 0 aliphatic rings. The maximum Gasteiger partial charge on any atom is 0.524 e. The quantitative estimate of drug-likeness (QED) is 0.160. The summed E-state index contributed by atoms with van der Waals surface area (Å²) >= 11 is 3.17. The summed E-state index contributed by atoms with van der Waals surface area (Å²) in [6, 6.07) is 11.5. The second kappa shape index (κ2) is 11.3. The number of imidazole rings is 1. The van der Waals surface area contributed by atoms with E-state index < -0.39 is 7.82 Å². The van der Waals surface area contributed by atoms with Crippen molar-refractivity contribution < 1.29 is 23.7 Å². The Bertz CT molecular complexity index is 1510. The number of para-hydroxylation sites is 1. The van der Waals surface area contributed by atoms with E-state index in [2.05, 4.69) is 32.4 Å². The highest BCUT2D eigenvalue weighted by atomic mass is 79.9. The second-order valence-electron chi connectivity index (χ2n) is 9.08. The Hall–Kier alpha value is -2.78. The minimum absolute atomic E-state index is 0.0120. The van der Waals surface area contributed by atoms with Gasteiger partial charge in [-0.3, -0.25) is 14.6 Å². The smallest absolute Gasteiger partial charge is 0.404 e. The maximum absolute atomic E-state index is 12.0. The van der Waals surface area contributed by atoms with E-state index in [0.29, 0.717) is 35.4 Å². The van der Waals surface area contributed by atoms with Crippen LogP contribution in [0.4, 0.5) is 5.82 Å². The second-order valence-corrected chi connectivity index (χ2v) is 10.8. The van der Waals surface area contributed by atoms with Crippen LogP contribution in [0, 0.1) is 6.92 Å². The topological polar surface area (TPSA) is 141 Å². The predicted octanol–water partition coefficient (Wildman–Crippen LogP) is 5.23. The average Bonchev–Trinajstić information content (AvgIpc) is 3.21. The lowest BCUT2D eigenvalue weighted by Crippen LogP contribution is -2.08. The first kappa shape index (κ1) is 27.3. The number of nitrogen functional groups attached to an aromatic ring is 1. The lowest BCUT2D eigenvalue weighted by molar-refractivity contribution is -0.116. The minimum Gasteiger partial charge on any atom is -0.404 e. The number of ketones is 1. The summed E-state index contributed by atoms with van der Waals surface area (Å²) in [7, 11) is -4.78. The molecule has 2 aromatic heterocycles. The fourth-order valence-corrected chi connectivity index (χ4v) is 5.36. The first-order chi connectivity index (χ1) is 17.6. The number of Topliss-reactive ketones (excluding diaryl/α,β-unsaturated/α-hetero) is 1. The third-order valence-corrected chi connectivity index (χ3v) is 7.27. The van der Waals surface area contributed by atoms with Crippen molar-refractivity contribution in [3.63, 3.8) is 0 Å². The van der Waals surface area contributed by atoms with Gasteiger partial charge in [0.2, 0.25) is 0 Å². The fraction of sp³-hybridized carbons (Fsp3) is 0.346. The zero-order chi connectivity index (χ0) is 26.7. The van der Waals surface area contributed by atoms with Crippen LogP contribution in [0.25, 0.3) is 21.9 Å². The number of carbonyl (C=O) groups excluding carboxylic acids is 1. The number of nitrogens with zero attached hydrogens (tertiary/aromatic N) is 3. The molecule has 4 N–H and O–H groups in total. The molecule has 0 atom stereocenters. The van der Waals surface area contributed by atoms with Crippen molar-refractivity contribution in [2.75, 3.05) is 11.1 Å². The summed E-state index contributed by atoms with van der Waals surface area (Å²) in [5, 5.41) is 1.16. The number of nitrogens with two attached hydrogens (primary N) is 1. The van der Waals surface area contributed by atoms with Crippen molar-refractivity contribution in [2.24, 2.45) is 0 Å². The summed E-state index contributed by atoms with van der Waals surface area (Å²) in [6.07, 6.45) is 3.25. The van der Waals surface area contributed by atoms with Gasteiger partial charge in [-0.1, -0.05) is 59.6 Å². The van der Waals surface area contributed by atoms with Crippen LogP contribution in [-0.2, 0) is 28.7 Å². The Labute approximate surface area is 223 Å². The van der Waals surface area contributed by atoms with Gasteiger partial charge in [0.05, 0.1) is 16.4 Å². The van der Waals surface area contributed by atoms with Crippen LogP contribution in [-0.4, -0.2) is 35.4 Å². The van der Waals surface area contributed by atoms with E-state index in [-0.39, 0.29) is 23.3 Å². The van der Waals surface area contributed by atoms with Crippen LogP contribution in [0.3, 0.4) is 0 Å². The number of aryl methyl sites for hydroxylation is 3. The highest BCUT2D eigenvalue weighted by Crippen LogP contribution is 2.42. The minimum atomic E-state index is -4.78. The van der Waals surface area contributed by atoms with Crippen molar-refractivity contribution in [3.8, 4) is 5.75 Å². The Kier molecular flexibility index (Phi) is 8.33. The largest absolute Gasteiger partial charge is 0.524 e. The van der Waals surface area contributed by atoms with Crippen LogP contribution < -0.4 is 10.3 Å². The summed E-state index contributed by atoms with van der Waals surface area (Å²) in [5.41, 5.74) is 10.7. The number of hydrogen-bond donors (Lipinski definition) is 3. The van der Waals surface area contributed by atoms with Gasteiger partial charge in [-0.15, -0.1) is 0 Å². The third kappa shape index (κ3) is 6.21. The number of unbranched alkanes of at least 4 members (excludes halogenated alkanes) is 1. The lowest BCUT2D eigenvalue weighted by atomic mass is 10.00. The standard InChI is InChI=1S/C26H30BrN4O5P/c1-3-4-9-22-30-23-24(20-7-5-6-8-21(20)29-26(23)28)31(22)15-17-12-16(2)25(36-37(33,34)35)18(13-17)10-11-19(32)14-27/h5-8,12-13H,3-4,9-11,14-15H2,1-2H3,(H2,28,29)(H2,33,34,35). The number of carbonyl (C=O) groups is 1. The predicted molar refractivity (Wildman–Crippen MR) is 148 cm³/mol. The van der Waals surface area contributed by atoms with Crippen molar-refractivity contribution in [3.05, 3.63) is 58.9 Å². The number of hydrogen-bond acceptors (Lipinski definition) is 6. The number of anilines is 1. The molecule has 9 nitrogen and oxygen atoms in total. The molecular weight excluding hydrogens is 559 g/mol. The molecule has 0 unspecified atom stereocenters. The lowest BCUT2D eigenvalue weighted by Gasteiger charge is -2.18. The van der Waals surface area contributed by atoms with Gasteiger partial charge in [-0.2, -0.15) is 0 Å². The summed E-state index contributed by atoms with van der Waals surface area (Å²) < 4.78 is 18.8. The van der Waals surface area contributed by atoms with Crippen molar-refractivity contribution in [1.29, 1.82) is 0 Å². The summed E-state index contributed by atoms with van der Waals surface area (Å²) in [4.78, 5) is 40.3. The van der Waals surface area contributed by atoms with Gasteiger partial charge < -0.3 is 14.8 Å². The van der Waals surface area contributed by atoms with Gasteiger partial charge in [0.25, 0.3) is 0 Å². The molecule has 196 valence electrons. The SMILES string of the molecule is CCCCc1nc2c(N)nc3ccccc3c2n1Cc1cc(C)c(OP(=O)(O)O)c(CCC(=O)CBr)c1. The van der Waals surface area contributed by atoms with E-state index in [9.17, 15) is 19.1 Å². The maximum atomic E-state index is 12.0. The zero-order valence-corrected chi connectivity index (χ0v) is 23.3. The van der Waals surface area contributed by atoms with Gasteiger partial charge in [-0.05, 0) is 42.5 Å². The van der Waals surface area contributed by atoms with E-state index in [0.717, 1.165) is 47.1 Å². The Morgan fingerprint density at radius 1 is 1.19 bits per heavy atom. The molecule has 0 amide bonds. The number of aromatic nitrogens is 3. The van der Waals surface area contributed by atoms with Gasteiger partial charge in [-0.25, -0.2) is 14.5 Å². The molecule has 2 aromatic carbocycles. The molecule has 0 saturated heterocycles. The zero-order valence-electron chi connectivity index (χ0n) is 20.8. The molecule has 4 aromatic rings. The molecule has 2 heterocycles. The number of phosphoric acid groups is 1. The molecule has 0 spiro atoms. The Morgan fingerprint density at radius 2 is 1.95 bits per heavy atom.